The van der Waals surface area contributed by atoms with Gasteiger partial charge in [-0.15, -0.1) is 0 Å². The number of nitrogens with zero attached hydrogens (tertiary/aromatic N) is 1. The molecule has 1 amide bonds. The molecule has 0 aromatic heterocycles. The summed E-state index contributed by atoms with van der Waals surface area (Å²) in [5.74, 6) is -1.38. The molecule has 1 aliphatic rings. The summed E-state index contributed by atoms with van der Waals surface area (Å²) in [6, 6.07) is 8.78. The second-order valence-corrected chi connectivity index (χ2v) is 5.64. The monoisotopic (exact) mass is 345 g/mol. The van der Waals surface area contributed by atoms with Crippen molar-refractivity contribution in [2.45, 2.75) is 25.6 Å². The fraction of sp³-hybridized carbons (Fsp3) is 0.500. The van der Waals surface area contributed by atoms with E-state index in [1.807, 2.05) is 0 Å². The molecule has 5 nitrogen and oxygen atoms in total. The summed E-state index contributed by atoms with van der Waals surface area (Å²) in [7, 11) is 0.905. The Hall–Kier alpha value is -2.25. The van der Waals surface area contributed by atoms with Gasteiger partial charge in [-0.05, 0) is 18.4 Å². The van der Waals surface area contributed by atoms with Gasteiger partial charge in [0.05, 0.1) is 7.11 Å². The normalized spacial score (nSPS) is 21.2. The summed E-state index contributed by atoms with van der Waals surface area (Å²) in [4.78, 5) is 24.8. The third-order valence-corrected chi connectivity index (χ3v) is 4.07. The van der Waals surface area contributed by atoms with Gasteiger partial charge in [0.15, 0.2) is 5.41 Å². The fourth-order valence-electron chi connectivity index (χ4n) is 2.73. The highest BCUT2D eigenvalue weighted by Crippen LogP contribution is 2.46. The lowest BCUT2D eigenvalue weighted by Gasteiger charge is -2.40. The summed E-state index contributed by atoms with van der Waals surface area (Å²) >= 11 is 0. The Morgan fingerprint density at radius 2 is 1.92 bits per heavy atom. The standard InChI is InChI=1S/C16H18F3NO4/c1-23-13(21)15(16(17,18)19)8-5-9-20(11-15)14(22)24-10-12-6-3-2-4-7-12/h2-4,6-7H,5,8-11H2,1H3. The van der Waals surface area contributed by atoms with Gasteiger partial charge in [0.1, 0.15) is 6.61 Å². The van der Waals surface area contributed by atoms with Crippen LogP contribution in [0.1, 0.15) is 18.4 Å². The average molecular weight is 345 g/mol. The molecule has 1 saturated heterocycles. The summed E-state index contributed by atoms with van der Waals surface area (Å²) in [5.41, 5.74) is -1.98. The summed E-state index contributed by atoms with van der Waals surface area (Å²) in [5, 5.41) is 0. The van der Waals surface area contributed by atoms with Gasteiger partial charge in [-0.3, -0.25) is 4.79 Å². The Balaban J connectivity index is 2.08. The van der Waals surface area contributed by atoms with Gasteiger partial charge < -0.3 is 14.4 Å². The number of carbonyl (C=O) groups excluding carboxylic acids is 2. The molecule has 0 spiro atoms. The van der Waals surface area contributed by atoms with Crippen molar-refractivity contribution < 1.29 is 32.2 Å². The van der Waals surface area contributed by atoms with E-state index in [2.05, 4.69) is 4.74 Å². The molecule has 0 N–H and O–H groups in total. The van der Waals surface area contributed by atoms with Crippen molar-refractivity contribution in [2.75, 3.05) is 20.2 Å². The predicted molar refractivity (Wildman–Crippen MR) is 77.9 cm³/mol. The van der Waals surface area contributed by atoms with Crippen LogP contribution in [0.4, 0.5) is 18.0 Å². The molecule has 132 valence electrons. The number of halogens is 3. The maximum absolute atomic E-state index is 13.4. The number of carbonyl (C=O) groups is 2. The van der Waals surface area contributed by atoms with E-state index in [1.54, 1.807) is 30.3 Å². The minimum atomic E-state index is -4.81. The van der Waals surface area contributed by atoms with Crippen LogP contribution in [-0.4, -0.2) is 43.3 Å². The highest BCUT2D eigenvalue weighted by Gasteiger charge is 2.63. The van der Waals surface area contributed by atoms with E-state index in [1.165, 1.54) is 0 Å². The Labute approximate surface area is 137 Å². The molecule has 24 heavy (non-hydrogen) atoms. The largest absolute Gasteiger partial charge is 0.468 e. The van der Waals surface area contributed by atoms with Crippen LogP contribution in [0.3, 0.4) is 0 Å². The molecule has 0 radical (unpaired) electrons. The van der Waals surface area contributed by atoms with Crippen molar-refractivity contribution in [1.29, 1.82) is 0 Å². The second kappa shape index (κ2) is 7.11. The van der Waals surface area contributed by atoms with Crippen LogP contribution in [-0.2, 0) is 20.9 Å². The molecular weight excluding hydrogens is 327 g/mol. The second-order valence-electron chi connectivity index (χ2n) is 5.64. The van der Waals surface area contributed by atoms with Gasteiger partial charge in [0.2, 0.25) is 0 Å². The zero-order valence-corrected chi connectivity index (χ0v) is 13.1. The number of piperidine rings is 1. The van der Waals surface area contributed by atoms with Crippen LogP contribution >= 0.6 is 0 Å². The van der Waals surface area contributed by atoms with Crippen molar-refractivity contribution >= 4 is 12.1 Å². The molecule has 2 rings (SSSR count). The van der Waals surface area contributed by atoms with Gasteiger partial charge in [-0.25, -0.2) is 4.79 Å². The van der Waals surface area contributed by atoms with Crippen LogP contribution in [0.2, 0.25) is 0 Å². The molecule has 1 unspecified atom stereocenters. The average Bonchev–Trinajstić information content (AvgIpc) is 2.58. The number of benzene rings is 1. The van der Waals surface area contributed by atoms with Crippen LogP contribution in [0, 0.1) is 5.41 Å². The van der Waals surface area contributed by atoms with Crippen LogP contribution < -0.4 is 0 Å². The van der Waals surface area contributed by atoms with E-state index in [4.69, 9.17) is 4.74 Å². The zero-order valence-electron chi connectivity index (χ0n) is 13.1. The molecule has 8 heteroatoms. The van der Waals surface area contributed by atoms with Crippen molar-refractivity contribution in [3.05, 3.63) is 35.9 Å². The zero-order chi connectivity index (χ0) is 17.8. The highest BCUT2D eigenvalue weighted by atomic mass is 19.4. The van der Waals surface area contributed by atoms with Gasteiger partial charge in [-0.2, -0.15) is 13.2 Å². The number of amides is 1. The first-order chi connectivity index (χ1) is 11.3. The first-order valence-corrected chi connectivity index (χ1v) is 7.41. The number of hydrogen-bond donors (Lipinski definition) is 0. The minimum absolute atomic E-state index is 0.0368. The topological polar surface area (TPSA) is 55.8 Å². The first-order valence-electron chi connectivity index (χ1n) is 7.41. The van der Waals surface area contributed by atoms with Crippen molar-refractivity contribution in [3.63, 3.8) is 0 Å². The van der Waals surface area contributed by atoms with Gasteiger partial charge in [-0.1, -0.05) is 30.3 Å². The summed E-state index contributed by atoms with van der Waals surface area (Å²) in [6.45, 7) is -0.743. The van der Waals surface area contributed by atoms with E-state index in [0.717, 1.165) is 17.6 Å². The number of alkyl halides is 3. The predicted octanol–water partition coefficient (Wildman–Crippen LogP) is 3.14. The van der Waals surface area contributed by atoms with Crippen molar-refractivity contribution in [3.8, 4) is 0 Å². The molecule has 1 aromatic rings. The Kier molecular flexibility index (Phi) is 5.36. The van der Waals surface area contributed by atoms with Crippen molar-refractivity contribution in [2.24, 2.45) is 5.41 Å². The number of rotatable bonds is 3. The van der Waals surface area contributed by atoms with E-state index in [-0.39, 0.29) is 19.6 Å². The lowest BCUT2D eigenvalue weighted by Crippen LogP contribution is -2.57. The van der Waals surface area contributed by atoms with Crippen LogP contribution in [0.25, 0.3) is 0 Å². The molecule has 0 saturated carbocycles. The summed E-state index contributed by atoms with van der Waals surface area (Å²) < 4.78 is 49.7. The Bertz CT molecular complexity index is 591. The lowest BCUT2D eigenvalue weighted by molar-refractivity contribution is -0.243. The molecule has 1 fully saturated rings. The Morgan fingerprint density at radius 3 is 2.50 bits per heavy atom. The molecule has 1 aliphatic heterocycles. The summed E-state index contributed by atoms with van der Waals surface area (Å²) in [6.07, 6.45) is -6.06. The van der Waals surface area contributed by atoms with Crippen LogP contribution in [0.15, 0.2) is 30.3 Å². The third kappa shape index (κ3) is 3.63. The van der Waals surface area contributed by atoms with E-state index in [0.29, 0.717) is 0 Å². The third-order valence-electron chi connectivity index (χ3n) is 4.07. The maximum atomic E-state index is 13.4. The quantitative estimate of drug-likeness (QED) is 0.790. The molecule has 0 bridgehead atoms. The molecular formula is C16H18F3NO4. The SMILES string of the molecule is COC(=O)C1(C(F)(F)F)CCCN(C(=O)OCc2ccccc2)C1. The molecule has 1 atom stereocenters. The van der Waals surface area contributed by atoms with E-state index < -0.39 is 36.6 Å². The van der Waals surface area contributed by atoms with E-state index in [9.17, 15) is 22.8 Å². The van der Waals surface area contributed by atoms with Gasteiger partial charge in [0, 0.05) is 13.1 Å². The fourth-order valence-corrected chi connectivity index (χ4v) is 2.73. The molecule has 1 heterocycles. The van der Waals surface area contributed by atoms with Crippen molar-refractivity contribution in [1.82, 2.24) is 4.90 Å². The molecule has 1 aromatic carbocycles. The molecule has 0 aliphatic carbocycles. The number of esters is 1. The smallest absolute Gasteiger partial charge is 0.410 e. The number of hydrogen-bond acceptors (Lipinski definition) is 4. The number of methoxy groups -OCH3 is 1. The number of ether oxygens (including phenoxy) is 2. The first kappa shape index (κ1) is 18.1. The van der Waals surface area contributed by atoms with Gasteiger partial charge >= 0.3 is 18.2 Å². The Morgan fingerprint density at radius 1 is 1.25 bits per heavy atom. The van der Waals surface area contributed by atoms with Gasteiger partial charge in [0.25, 0.3) is 0 Å². The van der Waals surface area contributed by atoms with Crippen LogP contribution in [0.5, 0.6) is 0 Å². The lowest BCUT2D eigenvalue weighted by atomic mass is 9.79. The highest BCUT2D eigenvalue weighted by molar-refractivity contribution is 5.79. The van der Waals surface area contributed by atoms with E-state index >= 15 is 0 Å². The maximum Gasteiger partial charge on any atom is 0.410 e. The number of likely N-dealkylation sites (tertiary alicyclic amines) is 1. The minimum Gasteiger partial charge on any atom is -0.468 e.